The van der Waals surface area contributed by atoms with Crippen molar-refractivity contribution in [2.75, 3.05) is 23.9 Å². The third-order valence-corrected chi connectivity index (χ3v) is 3.78. The highest BCUT2D eigenvalue weighted by molar-refractivity contribution is 6.02. The number of nitrogens with one attached hydrogen (secondary N) is 1. The van der Waals surface area contributed by atoms with Gasteiger partial charge >= 0.3 is 0 Å². The minimum absolute atomic E-state index is 0.254. The summed E-state index contributed by atoms with van der Waals surface area (Å²) >= 11 is 0. The fraction of sp³-hybridized carbons (Fsp3) is 0.150. The zero-order valence-corrected chi connectivity index (χ0v) is 14.7. The smallest absolute Gasteiger partial charge is 0.275 e. The Morgan fingerprint density at radius 1 is 1.04 bits per heavy atom. The van der Waals surface area contributed by atoms with Crippen LogP contribution < -0.4 is 15.0 Å². The number of amides is 1. The second-order valence-corrected chi connectivity index (χ2v) is 5.57. The molecule has 6 nitrogen and oxygen atoms in total. The summed E-state index contributed by atoms with van der Waals surface area (Å²) in [6.45, 7) is 2.53. The summed E-state index contributed by atoms with van der Waals surface area (Å²) in [5.41, 5.74) is 1.92. The molecule has 3 aromatic rings. The lowest BCUT2D eigenvalue weighted by Crippen LogP contribution is -2.16. The molecule has 1 N–H and O–H groups in total. The van der Waals surface area contributed by atoms with Crippen LogP contribution in [-0.2, 0) is 0 Å². The highest BCUT2D eigenvalue weighted by atomic mass is 16.5. The summed E-state index contributed by atoms with van der Waals surface area (Å²) < 4.78 is 5.38. The summed E-state index contributed by atoms with van der Waals surface area (Å²) in [6, 6.07) is 17.0. The van der Waals surface area contributed by atoms with E-state index in [1.54, 1.807) is 18.3 Å². The molecule has 6 heteroatoms. The summed E-state index contributed by atoms with van der Waals surface area (Å²) in [6.07, 6.45) is 3.05. The molecule has 0 unspecified atom stereocenters. The first-order valence-corrected chi connectivity index (χ1v) is 8.32. The van der Waals surface area contributed by atoms with Gasteiger partial charge in [0, 0.05) is 18.4 Å². The van der Waals surface area contributed by atoms with E-state index in [1.807, 2.05) is 61.3 Å². The summed E-state index contributed by atoms with van der Waals surface area (Å²) in [4.78, 5) is 22.8. The maximum Gasteiger partial charge on any atom is 0.275 e. The highest BCUT2D eigenvalue weighted by Gasteiger charge is 2.11. The summed E-state index contributed by atoms with van der Waals surface area (Å²) in [5, 5.41) is 2.80. The van der Waals surface area contributed by atoms with Gasteiger partial charge in [-0.25, -0.2) is 9.97 Å². The van der Waals surface area contributed by atoms with Crippen molar-refractivity contribution in [3.8, 4) is 5.75 Å². The van der Waals surface area contributed by atoms with Crippen LogP contribution in [0.15, 0.2) is 67.0 Å². The number of rotatable bonds is 6. The zero-order chi connectivity index (χ0) is 18.4. The molecule has 0 atom stereocenters. The number of carbonyl (C=O) groups is 1. The summed E-state index contributed by atoms with van der Waals surface area (Å²) in [7, 11) is 1.90. The van der Waals surface area contributed by atoms with Crippen molar-refractivity contribution in [2.24, 2.45) is 0 Å². The molecule has 1 amide bonds. The molecule has 1 aromatic heterocycles. The van der Waals surface area contributed by atoms with E-state index in [0.717, 1.165) is 11.4 Å². The highest BCUT2D eigenvalue weighted by Crippen LogP contribution is 2.20. The van der Waals surface area contributed by atoms with Gasteiger partial charge in [-0.05, 0) is 43.3 Å². The molecule has 0 fully saturated rings. The van der Waals surface area contributed by atoms with E-state index in [0.29, 0.717) is 18.1 Å². The van der Waals surface area contributed by atoms with E-state index in [9.17, 15) is 4.79 Å². The van der Waals surface area contributed by atoms with Gasteiger partial charge in [-0.2, -0.15) is 0 Å². The minimum Gasteiger partial charge on any atom is -0.494 e. The monoisotopic (exact) mass is 348 g/mol. The molecule has 132 valence electrons. The van der Waals surface area contributed by atoms with Crippen LogP contribution in [0.25, 0.3) is 0 Å². The number of hydrogen-bond acceptors (Lipinski definition) is 5. The molecular weight excluding hydrogens is 328 g/mol. The maximum absolute atomic E-state index is 12.3. The van der Waals surface area contributed by atoms with E-state index >= 15 is 0 Å². The van der Waals surface area contributed by atoms with Crippen LogP contribution in [0.2, 0.25) is 0 Å². The lowest BCUT2D eigenvalue weighted by atomic mass is 10.3. The predicted octanol–water partition coefficient (Wildman–Crippen LogP) is 3.90. The first-order chi connectivity index (χ1) is 12.7. The Kier molecular flexibility index (Phi) is 5.43. The van der Waals surface area contributed by atoms with Gasteiger partial charge in [0.1, 0.15) is 11.4 Å². The molecule has 3 rings (SSSR count). The predicted molar refractivity (Wildman–Crippen MR) is 102 cm³/mol. The molecule has 0 aliphatic carbocycles. The summed E-state index contributed by atoms with van der Waals surface area (Å²) in [5.74, 6) is 1.11. The normalized spacial score (nSPS) is 10.2. The standard InChI is InChI=1S/C20H20N4O2/c1-3-26-17-11-9-15(10-12-17)23-20(25)18-13-22-19(14-21-18)24(2)16-7-5-4-6-8-16/h4-14H,3H2,1-2H3,(H,23,25). The van der Waals surface area contributed by atoms with E-state index in [1.165, 1.54) is 6.20 Å². The molecule has 0 aliphatic rings. The average Bonchev–Trinajstić information content (AvgIpc) is 2.70. The average molecular weight is 348 g/mol. The van der Waals surface area contributed by atoms with Crippen molar-refractivity contribution in [1.29, 1.82) is 0 Å². The van der Waals surface area contributed by atoms with Crippen LogP contribution in [0.5, 0.6) is 5.75 Å². The largest absolute Gasteiger partial charge is 0.494 e. The Morgan fingerprint density at radius 3 is 2.38 bits per heavy atom. The number of carbonyl (C=O) groups excluding carboxylic acids is 1. The molecule has 0 saturated heterocycles. The number of nitrogens with zero attached hydrogens (tertiary/aromatic N) is 3. The minimum atomic E-state index is -0.310. The van der Waals surface area contributed by atoms with Gasteiger partial charge in [-0.15, -0.1) is 0 Å². The number of aromatic nitrogens is 2. The zero-order valence-electron chi connectivity index (χ0n) is 14.7. The van der Waals surface area contributed by atoms with Crippen LogP contribution in [0.3, 0.4) is 0 Å². The van der Waals surface area contributed by atoms with Crippen LogP contribution >= 0.6 is 0 Å². The third-order valence-electron chi connectivity index (χ3n) is 3.78. The van der Waals surface area contributed by atoms with Crippen molar-refractivity contribution in [2.45, 2.75) is 6.92 Å². The van der Waals surface area contributed by atoms with Gasteiger partial charge in [0.25, 0.3) is 5.91 Å². The van der Waals surface area contributed by atoms with Gasteiger partial charge in [0.05, 0.1) is 19.0 Å². The van der Waals surface area contributed by atoms with E-state index in [2.05, 4.69) is 15.3 Å². The Balaban J connectivity index is 1.67. The number of ether oxygens (including phenoxy) is 1. The molecule has 0 aliphatic heterocycles. The maximum atomic E-state index is 12.3. The molecule has 1 heterocycles. The molecule has 0 spiro atoms. The van der Waals surface area contributed by atoms with Crippen molar-refractivity contribution in [3.63, 3.8) is 0 Å². The lowest BCUT2D eigenvalue weighted by Gasteiger charge is -2.17. The van der Waals surface area contributed by atoms with Crippen molar-refractivity contribution in [1.82, 2.24) is 9.97 Å². The van der Waals surface area contributed by atoms with Gasteiger partial charge in [0.2, 0.25) is 0 Å². The van der Waals surface area contributed by atoms with E-state index in [-0.39, 0.29) is 11.6 Å². The quantitative estimate of drug-likeness (QED) is 0.732. The number of para-hydroxylation sites is 1. The molecule has 0 saturated carbocycles. The van der Waals surface area contributed by atoms with E-state index < -0.39 is 0 Å². The third kappa shape index (κ3) is 4.16. The molecular formula is C20H20N4O2. The van der Waals surface area contributed by atoms with Crippen LogP contribution in [0.4, 0.5) is 17.2 Å². The van der Waals surface area contributed by atoms with Gasteiger partial charge < -0.3 is 15.0 Å². The van der Waals surface area contributed by atoms with Gasteiger partial charge in [-0.1, -0.05) is 18.2 Å². The van der Waals surface area contributed by atoms with E-state index in [4.69, 9.17) is 4.74 Å². The lowest BCUT2D eigenvalue weighted by molar-refractivity contribution is 0.102. The molecule has 26 heavy (non-hydrogen) atoms. The molecule has 2 aromatic carbocycles. The fourth-order valence-electron chi connectivity index (χ4n) is 2.39. The second-order valence-electron chi connectivity index (χ2n) is 5.57. The Hall–Kier alpha value is -3.41. The van der Waals surface area contributed by atoms with Crippen molar-refractivity contribution >= 4 is 23.1 Å². The van der Waals surface area contributed by atoms with Crippen molar-refractivity contribution < 1.29 is 9.53 Å². The van der Waals surface area contributed by atoms with Gasteiger partial charge in [-0.3, -0.25) is 4.79 Å². The number of hydrogen-bond donors (Lipinski definition) is 1. The first-order valence-electron chi connectivity index (χ1n) is 8.32. The Morgan fingerprint density at radius 2 is 1.77 bits per heavy atom. The van der Waals surface area contributed by atoms with Crippen LogP contribution in [0, 0.1) is 0 Å². The van der Waals surface area contributed by atoms with Crippen LogP contribution in [-0.4, -0.2) is 29.5 Å². The topological polar surface area (TPSA) is 67.3 Å². The first kappa shape index (κ1) is 17.4. The fourth-order valence-corrected chi connectivity index (χ4v) is 2.39. The van der Waals surface area contributed by atoms with Crippen molar-refractivity contribution in [3.05, 3.63) is 72.7 Å². The second kappa shape index (κ2) is 8.11. The molecule has 0 radical (unpaired) electrons. The molecule has 0 bridgehead atoms. The SMILES string of the molecule is CCOc1ccc(NC(=O)c2cnc(N(C)c3ccccc3)cn2)cc1. The van der Waals surface area contributed by atoms with Crippen LogP contribution in [0.1, 0.15) is 17.4 Å². The number of anilines is 3. The van der Waals surface area contributed by atoms with Gasteiger partial charge in [0.15, 0.2) is 5.82 Å². The Bertz CT molecular complexity index is 849. The number of benzene rings is 2. The Labute approximate surface area is 152 Å².